The molecule has 1 N–H and O–H groups in total. The number of amides is 1. The average molecular weight is 357 g/mol. The van der Waals surface area contributed by atoms with Crippen molar-refractivity contribution in [3.8, 4) is 11.5 Å². The lowest BCUT2D eigenvalue weighted by Crippen LogP contribution is -2.42. The van der Waals surface area contributed by atoms with Crippen LogP contribution in [0.15, 0.2) is 42.5 Å². The molecule has 1 fully saturated rings. The first-order valence-corrected chi connectivity index (χ1v) is 8.88. The largest absolute Gasteiger partial charge is 0.493 e. The molecule has 0 bridgehead atoms. The van der Waals surface area contributed by atoms with Gasteiger partial charge in [-0.15, -0.1) is 0 Å². The molecular weight excluding hydrogens is 333 g/mol. The topological polar surface area (TPSA) is 47.6 Å². The molecule has 4 nitrogen and oxygen atoms in total. The van der Waals surface area contributed by atoms with Crippen LogP contribution in [0.2, 0.25) is 0 Å². The van der Waals surface area contributed by atoms with Gasteiger partial charge in [-0.05, 0) is 54.8 Å². The highest BCUT2D eigenvalue weighted by Gasteiger charge is 2.41. The van der Waals surface area contributed by atoms with E-state index in [1.165, 1.54) is 12.1 Å². The highest BCUT2D eigenvalue weighted by atomic mass is 19.1. The van der Waals surface area contributed by atoms with Crippen molar-refractivity contribution in [3.63, 3.8) is 0 Å². The van der Waals surface area contributed by atoms with Crippen LogP contribution in [0.25, 0.3) is 0 Å². The Morgan fingerprint density at radius 3 is 2.23 bits per heavy atom. The van der Waals surface area contributed by atoms with E-state index in [1.807, 2.05) is 18.2 Å². The summed E-state index contributed by atoms with van der Waals surface area (Å²) in [6.45, 7) is 0. The lowest BCUT2D eigenvalue weighted by atomic mass is 9.68. The minimum absolute atomic E-state index is 0.0592. The molecule has 138 valence electrons. The predicted molar refractivity (Wildman–Crippen MR) is 99.3 cm³/mol. The number of nitrogens with one attached hydrogen (secondary N) is 1. The Balaban J connectivity index is 1.95. The van der Waals surface area contributed by atoms with Crippen LogP contribution >= 0.6 is 0 Å². The molecule has 5 heteroatoms. The molecule has 1 amide bonds. The standard InChI is InChI=1S/C21H24FNO3/c1-25-18-11-6-15(14-19(18)26-2)21(12-4-3-5-13-21)20(24)23-17-9-7-16(22)8-10-17/h6-11,14H,3-5,12-13H2,1-2H3,(H,23,24). The van der Waals surface area contributed by atoms with Crippen LogP contribution in [0.5, 0.6) is 11.5 Å². The van der Waals surface area contributed by atoms with Crippen molar-refractivity contribution in [2.45, 2.75) is 37.5 Å². The van der Waals surface area contributed by atoms with Crippen LogP contribution in [0.4, 0.5) is 10.1 Å². The second-order valence-corrected chi connectivity index (χ2v) is 6.67. The number of carbonyl (C=O) groups excluding carboxylic acids is 1. The number of anilines is 1. The van der Waals surface area contributed by atoms with Gasteiger partial charge in [0.05, 0.1) is 19.6 Å². The smallest absolute Gasteiger partial charge is 0.235 e. The van der Waals surface area contributed by atoms with Crippen LogP contribution in [-0.4, -0.2) is 20.1 Å². The van der Waals surface area contributed by atoms with E-state index in [-0.39, 0.29) is 11.7 Å². The van der Waals surface area contributed by atoms with Gasteiger partial charge in [-0.1, -0.05) is 25.3 Å². The molecule has 0 unspecified atom stereocenters. The quantitative estimate of drug-likeness (QED) is 0.845. The number of ether oxygens (including phenoxy) is 2. The van der Waals surface area contributed by atoms with Crippen LogP contribution < -0.4 is 14.8 Å². The molecule has 0 spiro atoms. The van der Waals surface area contributed by atoms with Gasteiger partial charge >= 0.3 is 0 Å². The highest BCUT2D eigenvalue weighted by molar-refractivity contribution is 5.99. The summed E-state index contributed by atoms with van der Waals surface area (Å²) in [5.41, 5.74) is 0.905. The zero-order valence-electron chi connectivity index (χ0n) is 15.2. The third-order valence-corrected chi connectivity index (χ3v) is 5.18. The van der Waals surface area contributed by atoms with E-state index in [0.29, 0.717) is 17.2 Å². The lowest BCUT2D eigenvalue weighted by Gasteiger charge is -2.36. The van der Waals surface area contributed by atoms with Crippen LogP contribution in [0.3, 0.4) is 0 Å². The second kappa shape index (κ2) is 7.77. The first kappa shape index (κ1) is 18.2. The van der Waals surface area contributed by atoms with Gasteiger partial charge in [0, 0.05) is 5.69 Å². The SMILES string of the molecule is COc1ccc(C2(C(=O)Nc3ccc(F)cc3)CCCCC2)cc1OC. The second-order valence-electron chi connectivity index (χ2n) is 6.67. The van der Waals surface area contributed by atoms with Gasteiger partial charge in [0.15, 0.2) is 11.5 Å². The van der Waals surface area contributed by atoms with Gasteiger partial charge in [-0.3, -0.25) is 4.79 Å². The zero-order valence-corrected chi connectivity index (χ0v) is 15.2. The van der Waals surface area contributed by atoms with Crippen LogP contribution in [-0.2, 0) is 10.2 Å². The van der Waals surface area contributed by atoms with E-state index in [9.17, 15) is 9.18 Å². The lowest BCUT2D eigenvalue weighted by molar-refractivity contribution is -0.122. The Hall–Kier alpha value is -2.56. The average Bonchev–Trinajstić information content (AvgIpc) is 2.69. The van der Waals surface area contributed by atoms with Crippen LogP contribution in [0.1, 0.15) is 37.7 Å². The van der Waals surface area contributed by atoms with Gasteiger partial charge in [0.2, 0.25) is 5.91 Å². The van der Waals surface area contributed by atoms with E-state index in [2.05, 4.69) is 5.32 Å². The maximum Gasteiger partial charge on any atom is 0.235 e. The van der Waals surface area contributed by atoms with Gasteiger partial charge < -0.3 is 14.8 Å². The Morgan fingerprint density at radius 1 is 0.962 bits per heavy atom. The summed E-state index contributed by atoms with van der Waals surface area (Å²) >= 11 is 0. The Morgan fingerprint density at radius 2 is 1.62 bits per heavy atom. The van der Waals surface area contributed by atoms with Gasteiger partial charge in [-0.2, -0.15) is 0 Å². The molecule has 0 heterocycles. The summed E-state index contributed by atoms with van der Waals surface area (Å²) in [6, 6.07) is 11.5. The zero-order chi connectivity index (χ0) is 18.6. The van der Waals surface area contributed by atoms with Crippen molar-refractivity contribution in [2.75, 3.05) is 19.5 Å². The van der Waals surface area contributed by atoms with Crippen molar-refractivity contribution in [1.29, 1.82) is 0 Å². The van der Waals surface area contributed by atoms with E-state index in [0.717, 1.165) is 37.7 Å². The van der Waals surface area contributed by atoms with Gasteiger partial charge in [0.1, 0.15) is 5.82 Å². The van der Waals surface area contributed by atoms with Gasteiger partial charge in [0.25, 0.3) is 0 Å². The summed E-state index contributed by atoms with van der Waals surface area (Å²) in [7, 11) is 3.18. The number of carbonyl (C=O) groups is 1. The predicted octanol–water partition coefficient (Wildman–Crippen LogP) is 4.68. The minimum atomic E-state index is -0.619. The number of hydrogen-bond donors (Lipinski definition) is 1. The molecule has 26 heavy (non-hydrogen) atoms. The third-order valence-electron chi connectivity index (χ3n) is 5.18. The molecule has 2 aromatic rings. The number of halogens is 1. The molecular formula is C21H24FNO3. The fraction of sp³-hybridized carbons (Fsp3) is 0.381. The van der Waals surface area contributed by atoms with E-state index in [1.54, 1.807) is 26.4 Å². The van der Waals surface area contributed by atoms with Crippen molar-refractivity contribution < 1.29 is 18.7 Å². The maximum atomic E-state index is 13.3. The van der Waals surface area contributed by atoms with Crippen molar-refractivity contribution >= 4 is 11.6 Å². The summed E-state index contributed by atoms with van der Waals surface area (Å²) in [4.78, 5) is 13.3. The molecule has 3 rings (SSSR count). The maximum absolute atomic E-state index is 13.3. The number of hydrogen-bond acceptors (Lipinski definition) is 3. The molecule has 1 aliphatic rings. The monoisotopic (exact) mass is 357 g/mol. The normalized spacial score (nSPS) is 16.0. The molecule has 0 saturated heterocycles. The number of rotatable bonds is 5. The van der Waals surface area contributed by atoms with Crippen molar-refractivity contribution in [3.05, 3.63) is 53.8 Å². The fourth-order valence-electron chi connectivity index (χ4n) is 3.72. The number of methoxy groups -OCH3 is 2. The first-order valence-electron chi connectivity index (χ1n) is 8.88. The van der Waals surface area contributed by atoms with Crippen molar-refractivity contribution in [1.82, 2.24) is 0 Å². The van der Waals surface area contributed by atoms with Gasteiger partial charge in [-0.25, -0.2) is 4.39 Å². The molecule has 0 radical (unpaired) electrons. The Kier molecular flexibility index (Phi) is 5.45. The molecule has 1 aliphatic carbocycles. The summed E-state index contributed by atoms with van der Waals surface area (Å²) in [5.74, 6) is 0.872. The Labute approximate surface area is 153 Å². The summed E-state index contributed by atoms with van der Waals surface area (Å²) in [6.07, 6.45) is 4.65. The molecule has 0 atom stereocenters. The third kappa shape index (κ3) is 3.52. The van der Waals surface area contributed by atoms with Crippen LogP contribution in [0, 0.1) is 5.82 Å². The molecule has 1 saturated carbocycles. The Bertz CT molecular complexity index is 767. The molecule has 2 aromatic carbocycles. The minimum Gasteiger partial charge on any atom is -0.493 e. The highest BCUT2D eigenvalue weighted by Crippen LogP contribution is 2.43. The number of benzene rings is 2. The summed E-state index contributed by atoms with van der Waals surface area (Å²) in [5, 5.41) is 2.97. The van der Waals surface area contributed by atoms with E-state index < -0.39 is 5.41 Å². The van der Waals surface area contributed by atoms with Crippen molar-refractivity contribution in [2.24, 2.45) is 0 Å². The first-order chi connectivity index (χ1) is 12.6. The molecule has 0 aliphatic heterocycles. The van der Waals surface area contributed by atoms with E-state index >= 15 is 0 Å². The fourth-order valence-corrected chi connectivity index (χ4v) is 3.72. The summed E-state index contributed by atoms with van der Waals surface area (Å²) < 4.78 is 23.9. The molecule has 0 aromatic heterocycles. The van der Waals surface area contributed by atoms with E-state index in [4.69, 9.17) is 9.47 Å².